The Kier molecular flexibility index (Phi) is 2.65. The highest BCUT2D eigenvalue weighted by Crippen LogP contribution is 2.48. The van der Waals surface area contributed by atoms with E-state index in [1.54, 1.807) is 0 Å². The van der Waals surface area contributed by atoms with Gasteiger partial charge in [0, 0.05) is 12.8 Å². The summed E-state index contributed by atoms with van der Waals surface area (Å²) in [5.74, 6) is -0.367. The van der Waals surface area contributed by atoms with Crippen LogP contribution in [0.4, 0.5) is 0 Å². The first kappa shape index (κ1) is 11.4. The van der Waals surface area contributed by atoms with Crippen molar-refractivity contribution in [2.24, 2.45) is 11.8 Å². The minimum atomic E-state index is -0.941. The van der Waals surface area contributed by atoms with Gasteiger partial charge in [-0.1, -0.05) is 6.42 Å². The Hall–Kier alpha value is -0.650. The molecule has 0 amide bonds. The van der Waals surface area contributed by atoms with Crippen LogP contribution in [0.5, 0.6) is 0 Å². The predicted molar refractivity (Wildman–Crippen MR) is 56.6 cm³/mol. The van der Waals surface area contributed by atoms with Gasteiger partial charge in [0.2, 0.25) is 6.29 Å². The van der Waals surface area contributed by atoms with Crippen LogP contribution in [-0.2, 0) is 14.3 Å². The zero-order valence-corrected chi connectivity index (χ0v) is 9.67. The largest absolute Gasteiger partial charge is 0.436 e. The van der Waals surface area contributed by atoms with Crippen LogP contribution in [0.2, 0.25) is 0 Å². The van der Waals surface area contributed by atoms with Crippen LogP contribution in [0.1, 0.15) is 38.5 Å². The number of ether oxygens (including phenoxy) is 2. The Morgan fingerprint density at radius 2 is 2.06 bits per heavy atom. The quantitative estimate of drug-likeness (QED) is 0.606. The number of carbonyl (C=O) groups excluding carboxylic acids is 1. The van der Waals surface area contributed by atoms with Gasteiger partial charge in [0.15, 0.2) is 6.29 Å². The smallest absolute Gasteiger partial charge is 0.308 e. The summed E-state index contributed by atoms with van der Waals surface area (Å²) < 4.78 is 10.4. The molecule has 5 nitrogen and oxygen atoms in total. The van der Waals surface area contributed by atoms with Crippen molar-refractivity contribution in [1.82, 2.24) is 0 Å². The molecule has 0 spiro atoms. The number of aliphatic hydroxyl groups excluding tert-OH is 1. The van der Waals surface area contributed by atoms with E-state index < -0.39 is 18.2 Å². The van der Waals surface area contributed by atoms with Crippen molar-refractivity contribution in [3.63, 3.8) is 0 Å². The summed E-state index contributed by atoms with van der Waals surface area (Å²) >= 11 is 0. The highest BCUT2D eigenvalue weighted by atomic mass is 16.7. The first-order chi connectivity index (χ1) is 8.08. The molecule has 5 unspecified atom stereocenters. The van der Waals surface area contributed by atoms with E-state index in [-0.39, 0.29) is 24.2 Å². The summed E-state index contributed by atoms with van der Waals surface area (Å²) in [6.07, 6.45) is 1.98. The van der Waals surface area contributed by atoms with Gasteiger partial charge in [0.25, 0.3) is 0 Å². The number of aliphatic hydroxyl groups is 2. The van der Waals surface area contributed by atoms with Crippen molar-refractivity contribution in [2.45, 2.75) is 56.7 Å². The minimum absolute atomic E-state index is 0.00995. The molecule has 17 heavy (non-hydrogen) atoms. The van der Waals surface area contributed by atoms with Gasteiger partial charge in [-0.15, -0.1) is 0 Å². The second-order valence-corrected chi connectivity index (χ2v) is 5.47. The van der Waals surface area contributed by atoms with E-state index in [4.69, 9.17) is 9.47 Å². The van der Waals surface area contributed by atoms with Gasteiger partial charge in [-0.05, 0) is 24.7 Å². The molecule has 1 aliphatic carbocycles. The van der Waals surface area contributed by atoms with Crippen molar-refractivity contribution in [3.8, 4) is 0 Å². The zero-order valence-electron chi connectivity index (χ0n) is 9.67. The van der Waals surface area contributed by atoms with Gasteiger partial charge in [-0.25, -0.2) is 0 Å². The Bertz CT molecular complexity index is 331. The molecule has 2 bridgehead atoms. The van der Waals surface area contributed by atoms with E-state index in [2.05, 4.69) is 0 Å². The van der Waals surface area contributed by atoms with E-state index in [9.17, 15) is 15.0 Å². The summed E-state index contributed by atoms with van der Waals surface area (Å²) in [4.78, 5) is 11.6. The molecule has 2 N–H and O–H groups in total. The third-order valence-electron chi connectivity index (χ3n) is 4.48. The van der Waals surface area contributed by atoms with Crippen LogP contribution in [0.15, 0.2) is 0 Å². The van der Waals surface area contributed by atoms with Crippen molar-refractivity contribution in [1.29, 1.82) is 0 Å². The number of rotatable bonds is 0. The van der Waals surface area contributed by atoms with E-state index >= 15 is 0 Å². The molecule has 2 saturated heterocycles. The van der Waals surface area contributed by atoms with Gasteiger partial charge in [0.1, 0.15) is 0 Å². The van der Waals surface area contributed by atoms with Crippen LogP contribution in [-0.4, -0.2) is 34.4 Å². The monoisotopic (exact) mass is 242 g/mol. The van der Waals surface area contributed by atoms with Crippen LogP contribution in [0.3, 0.4) is 0 Å². The molecule has 3 aliphatic rings. The summed E-state index contributed by atoms with van der Waals surface area (Å²) in [7, 11) is 0. The number of esters is 1. The first-order valence-electron chi connectivity index (χ1n) is 6.33. The molecular formula is C12H18O5. The maximum absolute atomic E-state index is 11.6. The Balaban J connectivity index is 1.97. The number of fused-ring (bicyclic) bond motifs is 1. The molecule has 5 atom stereocenters. The molecule has 96 valence electrons. The van der Waals surface area contributed by atoms with Gasteiger partial charge in [-0.2, -0.15) is 0 Å². The van der Waals surface area contributed by atoms with E-state index in [0.29, 0.717) is 12.8 Å². The molecule has 0 aromatic heterocycles. The molecule has 0 aromatic carbocycles. The fourth-order valence-electron chi connectivity index (χ4n) is 3.63. The van der Waals surface area contributed by atoms with Crippen LogP contribution in [0, 0.1) is 11.8 Å². The van der Waals surface area contributed by atoms with Crippen molar-refractivity contribution in [2.75, 3.05) is 0 Å². The first-order valence-corrected chi connectivity index (χ1v) is 6.33. The van der Waals surface area contributed by atoms with Crippen molar-refractivity contribution >= 4 is 5.97 Å². The highest BCUT2D eigenvalue weighted by Gasteiger charge is 2.53. The maximum Gasteiger partial charge on any atom is 0.308 e. The lowest BCUT2D eigenvalue weighted by Crippen LogP contribution is -2.48. The Morgan fingerprint density at radius 1 is 1.29 bits per heavy atom. The number of hydrogen-bond acceptors (Lipinski definition) is 5. The molecule has 2 aliphatic heterocycles. The van der Waals surface area contributed by atoms with Gasteiger partial charge in [-0.3, -0.25) is 4.79 Å². The van der Waals surface area contributed by atoms with Crippen LogP contribution < -0.4 is 0 Å². The summed E-state index contributed by atoms with van der Waals surface area (Å²) in [5, 5.41) is 20.6. The minimum Gasteiger partial charge on any atom is -0.436 e. The van der Waals surface area contributed by atoms with Crippen LogP contribution >= 0.6 is 0 Å². The lowest BCUT2D eigenvalue weighted by Gasteiger charge is -2.43. The Labute approximate surface area is 99.7 Å². The number of hydrogen-bond donors (Lipinski definition) is 2. The maximum atomic E-state index is 11.6. The summed E-state index contributed by atoms with van der Waals surface area (Å²) in [6, 6.07) is 0. The molecule has 3 rings (SSSR count). The fraction of sp³-hybridized carbons (Fsp3) is 0.917. The molecule has 1 saturated carbocycles. The van der Waals surface area contributed by atoms with Gasteiger partial charge in [0.05, 0.1) is 12.0 Å². The topological polar surface area (TPSA) is 76.0 Å². The molecule has 0 aromatic rings. The van der Waals surface area contributed by atoms with E-state index in [1.165, 1.54) is 0 Å². The molecule has 0 radical (unpaired) electrons. The molecule has 5 heteroatoms. The fourth-order valence-corrected chi connectivity index (χ4v) is 3.63. The summed E-state index contributed by atoms with van der Waals surface area (Å²) in [5.41, 5.74) is -0.910. The third-order valence-corrected chi connectivity index (χ3v) is 4.48. The second-order valence-electron chi connectivity index (χ2n) is 5.47. The Morgan fingerprint density at radius 3 is 2.88 bits per heavy atom. The second kappa shape index (κ2) is 3.93. The van der Waals surface area contributed by atoms with Gasteiger partial charge >= 0.3 is 5.97 Å². The molecule has 2 heterocycles. The molecular weight excluding hydrogens is 224 g/mol. The normalized spacial score (nSPS) is 50.1. The van der Waals surface area contributed by atoms with Crippen molar-refractivity contribution in [3.05, 3.63) is 0 Å². The SMILES string of the molecule is O=C1CC2CCCC3CC(O)OC(CC23O)O1. The zero-order chi connectivity index (χ0) is 12.0. The number of carbonyl (C=O) groups is 1. The van der Waals surface area contributed by atoms with Gasteiger partial charge < -0.3 is 19.7 Å². The standard InChI is InChI=1S/C12H18O5/c13-9-4-7-2-1-3-8-5-10(14)17-11(16-9)6-12(7,8)15/h7-9,11,13,15H,1-6H2. The average molecular weight is 242 g/mol. The van der Waals surface area contributed by atoms with E-state index in [0.717, 1.165) is 19.3 Å². The van der Waals surface area contributed by atoms with Crippen molar-refractivity contribution < 1.29 is 24.5 Å². The lowest BCUT2D eigenvalue weighted by atomic mass is 9.65. The lowest BCUT2D eigenvalue weighted by molar-refractivity contribution is -0.224. The predicted octanol–water partition coefficient (Wildman–Crippen LogP) is 0.536. The summed E-state index contributed by atoms with van der Waals surface area (Å²) in [6.45, 7) is 0. The average Bonchev–Trinajstić information content (AvgIpc) is 2.42. The highest BCUT2D eigenvalue weighted by molar-refractivity contribution is 5.70. The third kappa shape index (κ3) is 1.86. The molecule has 3 fully saturated rings. The van der Waals surface area contributed by atoms with Crippen LogP contribution in [0.25, 0.3) is 0 Å². The van der Waals surface area contributed by atoms with E-state index in [1.807, 2.05) is 0 Å².